The zero-order valence-electron chi connectivity index (χ0n) is 15.3. The number of nitrogens with one attached hydrogen (secondary N) is 2. The monoisotopic (exact) mass is 344 g/mol. The van der Waals surface area contributed by atoms with Crippen LogP contribution >= 0.6 is 0 Å². The highest BCUT2D eigenvalue weighted by Gasteiger charge is 2.26. The third-order valence-electron chi connectivity index (χ3n) is 5.00. The number of carbonyl (C=O) groups is 1. The third-order valence-corrected chi connectivity index (χ3v) is 5.00. The average molecular weight is 344 g/mol. The quantitative estimate of drug-likeness (QED) is 0.843. The van der Waals surface area contributed by atoms with E-state index in [1.54, 1.807) is 10.9 Å². The Morgan fingerprint density at radius 1 is 1.36 bits per heavy atom. The van der Waals surface area contributed by atoms with Gasteiger partial charge in [-0.15, -0.1) is 0 Å². The lowest BCUT2D eigenvalue weighted by atomic mass is 9.85. The van der Waals surface area contributed by atoms with Crippen molar-refractivity contribution in [3.05, 3.63) is 29.6 Å². The molecule has 2 aromatic heterocycles. The predicted molar refractivity (Wildman–Crippen MR) is 95.1 cm³/mol. The first kappa shape index (κ1) is 17.6. The van der Waals surface area contributed by atoms with E-state index in [9.17, 15) is 4.79 Å². The van der Waals surface area contributed by atoms with Gasteiger partial charge in [0.25, 0.3) is 5.91 Å². The molecule has 0 aliphatic heterocycles. The molecule has 0 bridgehead atoms. The molecule has 0 spiro atoms. The van der Waals surface area contributed by atoms with Crippen molar-refractivity contribution < 1.29 is 4.79 Å². The molecule has 3 rings (SSSR count). The van der Waals surface area contributed by atoms with Crippen LogP contribution in [0.25, 0.3) is 0 Å². The van der Waals surface area contributed by atoms with Crippen LogP contribution < -0.4 is 5.32 Å². The topological polar surface area (TPSA) is 88.5 Å². The molecule has 2 heterocycles. The average Bonchev–Trinajstić information content (AvgIpc) is 3.23. The molecule has 2 N–H and O–H groups in total. The minimum absolute atomic E-state index is 0.0806. The van der Waals surface area contributed by atoms with Crippen LogP contribution in [-0.2, 0) is 7.05 Å². The number of carbonyl (C=O) groups excluding carboxylic acids is 1. The van der Waals surface area contributed by atoms with E-state index in [0.29, 0.717) is 17.4 Å². The smallest absolute Gasteiger partial charge is 0.255 e. The van der Waals surface area contributed by atoms with Crippen LogP contribution in [0.15, 0.2) is 12.5 Å². The minimum atomic E-state index is -0.158. The molecule has 1 amide bonds. The summed E-state index contributed by atoms with van der Waals surface area (Å²) in [5, 5.41) is 14.5. The van der Waals surface area contributed by atoms with E-state index in [4.69, 9.17) is 0 Å². The Morgan fingerprint density at radius 2 is 2.12 bits per heavy atom. The third kappa shape index (κ3) is 4.08. The van der Waals surface area contributed by atoms with E-state index in [0.717, 1.165) is 30.8 Å². The molecule has 1 saturated carbocycles. The Balaban J connectivity index is 1.78. The van der Waals surface area contributed by atoms with Crippen molar-refractivity contribution in [3.8, 4) is 0 Å². The number of amides is 1. The predicted octanol–water partition coefficient (Wildman–Crippen LogP) is 3.10. The van der Waals surface area contributed by atoms with Gasteiger partial charge in [0.15, 0.2) is 0 Å². The van der Waals surface area contributed by atoms with Gasteiger partial charge in [-0.05, 0) is 25.2 Å². The molecule has 1 atom stereocenters. The maximum Gasteiger partial charge on any atom is 0.255 e. The fourth-order valence-corrected chi connectivity index (χ4v) is 3.74. The van der Waals surface area contributed by atoms with Crippen LogP contribution in [0.5, 0.6) is 0 Å². The van der Waals surface area contributed by atoms with Gasteiger partial charge in [0.1, 0.15) is 12.2 Å². The maximum atomic E-state index is 12.9. The van der Waals surface area contributed by atoms with E-state index >= 15 is 0 Å². The van der Waals surface area contributed by atoms with Gasteiger partial charge in [-0.2, -0.15) is 10.2 Å². The van der Waals surface area contributed by atoms with Crippen molar-refractivity contribution in [2.75, 3.05) is 0 Å². The molecule has 1 fully saturated rings. The van der Waals surface area contributed by atoms with E-state index in [1.807, 2.05) is 7.05 Å². The van der Waals surface area contributed by atoms with Crippen molar-refractivity contribution in [3.63, 3.8) is 0 Å². The molecule has 1 aliphatic rings. The molecule has 25 heavy (non-hydrogen) atoms. The second-order valence-corrected chi connectivity index (χ2v) is 7.43. The van der Waals surface area contributed by atoms with Crippen LogP contribution in [0.2, 0.25) is 0 Å². The molecule has 0 aromatic carbocycles. The zero-order valence-corrected chi connectivity index (χ0v) is 15.3. The number of rotatable bonds is 6. The Labute approximate surface area is 148 Å². The Kier molecular flexibility index (Phi) is 5.50. The first-order chi connectivity index (χ1) is 12.1. The molecule has 1 unspecified atom stereocenters. The molecule has 136 valence electrons. The highest BCUT2D eigenvalue weighted by atomic mass is 16.1. The van der Waals surface area contributed by atoms with Crippen LogP contribution in [-0.4, -0.2) is 30.9 Å². The van der Waals surface area contributed by atoms with Gasteiger partial charge < -0.3 is 5.32 Å². The Morgan fingerprint density at radius 3 is 2.76 bits per heavy atom. The number of H-pyrrole nitrogens is 1. The number of aromatic nitrogens is 5. The minimum Gasteiger partial charge on any atom is -0.342 e. The van der Waals surface area contributed by atoms with E-state index in [1.165, 1.54) is 25.6 Å². The molecule has 0 saturated heterocycles. The molecule has 2 aromatic rings. The van der Waals surface area contributed by atoms with Crippen molar-refractivity contribution in [1.29, 1.82) is 0 Å². The highest BCUT2D eigenvalue weighted by Crippen LogP contribution is 2.33. The number of aryl methyl sites for hydroxylation is 1. The summed E-state index contributed by atoms with van der Waals surface area (Å²) in [5.41, 5.74) is 1.65. The first-order valence-corrected chi connectivity index (χ1v) is 9.24. The standard InChI is InChI=1S/C18H28N6O/c1-12(2)9-15(17-19-11-21-24(17)3)22-18(25)14-10-20-23-16(14)13-7-5-4-6-8-13/h10-13,15H,4-9H2,1-3H3,(H,20,23)(H,22,25). The lowest BCUT2D eigenvalue weighted by Gasteiger charge is -2.23. The largest absolute Gasteiger partial charge is 0.342 e. The zero-order chi connectivity index (χ0) is 17.8. The van der Waals surface area contributed by atoms with Crippen molar-refractivity contribution >= 4 is 5.91 Å². The van der Waals surface area contributed by atoms with Crippen molar-refractivity contribution in [1.82, 2.24) is 30.3 Å². The Hall–Kier alpha value is -2.18. The highest BCUT2D eigenvalue weighted by molar-refractivity contribution is 5.95. The van der Waals surface area contributed by atoms with Gasteiger partial charge in [-0.1, -0.05) is 33.1 Å². The van der Waals surface area contributed by atoms with E-state index in [2.05, 4.69) is 39.4 Å². The maximum absolute atomic E-state index is 12.9. The molecular weight excluding hydrogens is 316 g/mol. The first-order valence-electron chi connectivity index (χ1n) is 9.24. The van der Waals surface area contributed by atoms with Gasteiger partial charge in [-0.3, -0.25) is 14.6 Å². The van der Waals surface area contributed by atoms with Crippen LogP contribution in [0, 0.1) is 5.92 Å². The van der Waals surface area contributed by atoms with Gasteiger partial charge in [0.2, 0.25) is 0 Å². The van der Waals surface area contributed by atoms with Crippen LogP contribution in [0.3, 0.4) is 0 Å². The van der Waals surface area contributed by atoms with E-state index in [-0.39, 0.29) is 11.9 Å². The SMILES string of the molecule is CC(C)CC(NC(=O)c1cn[nH]c1C1CCCCC1)c1ncnn1C. The van der Waals surface area contributed by atoms with Gasteiger partial charge in [-0.25, -0.2) is 4.98 Å². The summed E-state index contributed by atoms with van der Waals surface area (Å²) in [6.07, 6.45) is 9.98. The second-order valence-electron chi connectivity index (χ2n) is 7.43. The lowest BCUT2D eigenvalue weighted by Crippen LogP contribution is -2.32. The van der Waals surface area contributed by atoms with Gasteiger partial charge >= 0.3 is 0 Å². The fraction of sp³-hybridized carbons (Fsp3) is 0.667. The summed E-state index contributed by atoms with van der Waals surface area (Å²) < 4.78 is 1.73. The molecule has 0 radical (unpaired) electrons. The number of nitrogens with zero attached hydrogens (tertiary/aromatic N) is 4. The number of hydrogen-bond acceptors (Lipinski definition) is 4. The fourth-order valence-electron chi connectivity index (χ4n) is 3.74. The van der Waals surface area contributed by atoms with Crippen LogP contribution in [0.1, 0.15) is 86.2 Å². The number of aromatic amines is 1. The summed E-state index contributed by atoms with van der Waals surface area (Å²) in [4.78, 5) is 17.3. The summed E-state index contributed by atoms with van der Waals surface area (Å²) in [7, 11) is 1.85. The van der Waals surface area contributed by atoms with Gasteiger partial charge in [0, 0.05) is 13.0 Å². The molecule has 7 heteroatoms. The van der Waals surface area contributed by atoms with Gasteiger partial charge in [0.05, 0.1) is 23.5 Å². The molecule has 7 nitrogen and oxygen atoms in total. The number of hydrogen-bond donors (Lipinski definition) is 2. The normalized spacial score (nSPS) is 17.0. The summed E-state index contributed by atoms with van der Waals surface area (Å²) in [6, 6.07) is -0.158. The summed E-state index contributed by atoms with van der Waals surface area (Å²) in [6.45, 7) is 4.28. The molecule has 1 aliphatic carbocycles. The van der Waals surface area contributed by atoms with Crippen molar-refractivity contribution in [2.45, 2.75) is 64.3 Å². The van der Waals surface area contributed by atoms with Crippen LogP contribution in [0.4, 0.5) is 0 Å². The van der Waals surface area contributed by atoms with E-state index < -0.39 is 0 Å². The van der Waals surface area contributed by atoms with Crippen molar-refractivity contribution in [2.24, 2.45) is 13.0 Å². The molecular formula is C18H28N6O. The Bertz CT molecular complexity index is 698. The summed E-state index contributed by atoms with van der Waals surface area (Å²) >= 11 is 0. The lowest BCUT2D eigenvalue weighted by molar-refractivity contribution is 0.0927. The summed E-state index contributed by atoms with van der Waals surface area (Å²) in [5.74, 6) is 1.55. The second kappa shape index (κ2) is 7.80.